The molecule has 0 fully saturated rings. The lowest BCUT2D eigenvalue weighted by Crippen LogP contribution is -2.26. The van der Waals surface area contributed by atoms with Crippen LogP contribution < -0.4 is 10.7 Å². The van der Waals surface area contributed by atoms with Crippen molar-refractivity contribution >= 4 is 17.7 Å². The molecule has 1 aromatic heterocycles. The maximum absolute atomic E-state index is 12.6. The molecule has 1 heterocycles. The molecular weight excluding hydrogens is 246 g/mol. The Hall–Kier alpha value is -1.97. The first kappa shape index (κ1) is 15.1. The highest BCUT2D eigenvalue weighted by atomic mass is 19.3. The van der Waals surface area contributed by atoms with Crippen LogP contribution in [0.2, 0.25) is 0 Å². The van der Waals surface area contributed by atoms with E-state index < -0.39 is 12.3 Å². The zero-order chi connectivity index (χ0) is 14.4. The van der Waals surface area contributed by atoms with Crippen LogP contribution in [-0.4, -0.2) is 16.4 Å². The first-order chi connectivity index (χ1) is 8.99. The Balaban J connectivity index is 3.22. The van der Waals surface area contributed by atoms with E-state index in [1.54, 1.807) is 24.3 Å². The van der Waals surface area contributed by atoms with E-state index in [9.17, 15) is 8.78 Å². The highest BCUT2D eigenvalue weighted by Crippen LogP contribution is 2.09. The molecular formula is C15H18F2N2. The summed E-state index contributed by atoms with van der Waals surface area (Å²) in [6.07, 6.45) is 6.00. The van der Waals surface area contributed by atoms with Gasteiger partial charge >= 0.3 is 0 Å². The molecule has 1 aromatic rings. The van der Waals surface area contributed by atoms with Crippen LogP contribution in [0.4, 0.5) is 8.78 Å². The number of nitrogens with one attached hydrogen (secondary N) is 1. The number of rotatable bonds is 5. The Kier molecular flexibility index (Phi) is 5.42. The van der Waals surface area contributed by atoms with Crippen LogP contribution in [0.5, 0.6) is 0 Å². The van der Waals surface area contributed by atoms with Crippen LogP contribution in [0.25, 0.3) is 17.7 Å². The summed E-state index contributed by atoms with van der Waals surface area (Å²) in [6.45, 7) is 10.7. The van der Waals surface area contributed by atoms with Crippen molar-refractivity contribution in [3.05, 3.63) is 47.9 Å². The molecule has 0 saturated carbocycles. The van der Waals surface area contributed by atoms with Crippen LogP contribution in [0.1, 0.15) is 19.7 Å². The molecule has 102 valence electrons. The fourth-order valence-corrected chi connectivity index (χ4v) is 1.50. The van der Waals surface area contributed by atoms with Crippen molar-refractivity contribution in [1.82, 2.24) is 9.97 Å². The van der Waals surface area contributed by atoms with Crippen LogP contribution in [0.15, 0.2) is 31.4 Å². The van der Waals surface area contributed by atoms with E-state index in [-0.39, 0.29) is 0 Å². The second-order valence-electron chi connectivity index (χ2n) is 4.15. The van der Waals surface area contributed by atoms with Crippen molar-refractivity contribution in [2.24, 2.45) is 5.92 Å². The second kappa shape index (κ2) is 6.83. The summed E-state index contributed by atoms with van der Waals surface area (Å²) < 4.78 is 25.1. The molecule has 0 aliphatic heterocycles. The Bertz CT molecular complexity index is 594. The lowest BCUT2D eigenvalue weighted by Gasteiger charge is -2.01. The summed E-state index contributed by atoms with van der Waals surface area (Å²) in [5.74, 6) is -0.261. The number of hydrogen-bond donors (Lipinski definition) is 1. The minimum Gasteiger partial charge on any atom is -0.338 e. The number of halogens is 2. The number of aromatic nitrogens is 2. The van der Waals surface area contributed by atoms with Gasteiger partial charge in [0.15, 0.2) is 0 Å². The van der Waals surface area contributed by atoms with Crippen LogP contribution >= 0.6 is 0 Å². The minimum absolute atomic E-state index is 0.568. The molecule has 1 N–H and O–H groups in total. The van der Waals surface area contributed by atoms with E-state index in [0.717, 1.165) is 0 Å². The molecule has 0 saturated heterocycles. The highest BCUT2D eigenvalue weighted by molar-refractivity contribution is 5.67. The van der Waals surface area contributed by atoms with Gasteiger partial charge in [-0.25, -0.2) is 13.8 Å². The fraction of sp³-hybridized carbons (Fsp3) is 0.267. The van der Waals surface area contributed by atoms with Crippen molar-refractivity contribution in [3.63, 3.8) is 0 Å². The molecule has 0 aliphatic rings. The number of alkyl halides is 2. The van der Waals surface area contributed by atoms with E-state index in [2.05, 4.69) is 23.1 Å². The highest BCUT2D eigenvalue weighted by Gasteiger charge is 2.11. The summed E-state index contributed by atoms with van der Waals surface area (Å²) in [5, 5.41) is 1.24. The lowest BCUT2D eigenvalue weighted by molar-refractivity contribution is 0.115. The predicted molar refractivity (Wildman–Crippen MR) is 76.0 cm³/mol. The van der Waals surface area contributed by atoms with E-state index in [4.69, 9.17) is 0 Å². The molecule has 1 rings (SSSR count). The summed E-state index contributed by atoms with van der Waals surface area (Å²) in [7, 11) is 0. The number of H-pyrrole nitrogens is 1. The summed E-state index contributed by atoms with van der Waals surface area (Å²) >= 11 is 0. The molecule has 1 atom stereocenters. The molecule has 0 spiro atoms. The number of imidazole rings is 1. The van der Waals surface area contributed by atoms with Gasteiger partial charge in [-0.2, -0.15) is 0 Å². The SMILES string of the molecule is C=C/C=C\C(=C)c1nc(=C/C)/c(=C\C(C)C(F)F)[nH]1. The van der Waals surface area contributed by atoms with Gasteiger partial charge in [0.25, 0.3) is 0 Å². The van der Waals surface area contributed by atoms with E-state index in [0.29, 0.717) is 22.1 Å². The van der Waals surface area contributed by atoms with Gasteiger partial charge in [-0.1, -0.05) is 50.5 Å². The summed E-state index contributed by atoms with van der Waals surface area (Å²) in [5.41, 5.74) is 0.673. The van der Waals surface area contributed by atoms with Gasteiger partial charge in [-0.3, -0.25) is 0 Å². The van der Waals surface area contributed by atoms with Gasteiger partial charge in [0.05, 0.1) is 10.7 Å². The van der Waals surface area contributed by atoms with Gasteiger partial charge in [0, 0.05) is 11.5 Å². The number of hydrogen-bond acceptors (Lipinski definition) is 1. The molecule has 2 nitrogen and oxygen atoms in total. The van der Waals surface area contributed by atoms with E-state index >= 15 is 0 Å². The Morgan fingerprint density at radius 2 is 2.11 bits per heavy atom. The maximum Gasteiger partial charge on any atom is 0.244 e. The zero-order valence-electron chi connectivity index (χ0n) is 11.2. The Morgan fingerprint density at radius 1 is 1.42 bits per heavy atom. The topological polar surface area (TPSA) is 28.7 Å². The van der Waals surface area contributed by atoms with Gasteiger partial charge in [-0.15, -0.1) is 0 Å². The average molecular weight is 264 g/mol. The lowest BCUT2D eigenvalue weighted by atomic mass is 10.2. The van der Waals surface area contributed by atoms with Gasteiger partial charge < -0.3 is 4.98 Å². The third kappa shape index (κ3) is 4.02. The van der Waals surface area contributed by atoms with E-state index in [1.807, 2.05) is 6.92 Å². The summed E-state index contributed by atoms with van der Waals surface area (Å²) in [6, 6.07) is 0. The third-order valence-electron chi connectivity index (χ3n) is 2.60. The van der Waals surface area contributed by atoms with Crippen LogP contribution in [0, 0.1) is 5.92 Å². The van der Waals surface area contributed by atoms with Gasteiger partial charge in [0.2, 0.25) is 6.43 Å². The van der Waals surface area contributed by atoms with Crippen molar-refractivity contribution in [3.8, 4) is 0 Å². The fourth-order valence-electron chi connectivity index (χ4n) is 1.50. The molecule has 0 aliphatic carbocycles. The standard InChI is InChI=1S/C15H18F2N2/c1-5-7-8-10(3)15-18-12(6-2)13(19-15)9-11(4)14(16)17/h5-9,11,14H,1,3H2,2,4H3,(H,18,19)/b8-7-,12-6+,13-9+. The van der Waals surface area contributed by atoms with Crippen LogP contribution in [-0.2, 0) is 0 Å². The quantitative estimate of drug-likeness (QED) is 0.814. The molecule has 19 heavy (non-hydrogen) atoms. The zero-order valence-corrected chi connectivity index (χ0v) is 11.2. The van der Waals surface area contributed by atoms with Crippen molar-refractivity contribution < 1.29 is 8.78 Å². The van der Waals surface area contributed by atoms with Crippen molar-refractivity contribution in [2.45, 2.75) is 20.3 Å². The molecule has 0 bridgehead atoms. The molecule has 4 heteroatoms. The Morgan fingerprint density at radius 3 is 2.63 bits per heavy atom. The first-order valence-electron chi connectivity index (χ1n) is 6.00. The number of aromatic amines is 1. The van der Waals surface area contributed by atoms with Gasteiger partial charge in [-0.05, 0) is 6.92 Å². The maximum atomic E-state index is 12.6. The molecule has 0 amide bonds. The molecule has 1 unspecified atom stereocenters. The smallest absolute Gasteiger partial charge is 0.244 e. The normalized spacial score (nSPS) is 15.4. The van der Waals surface area contributed by atoms with Gasteiger partial charge in [0.1, 0.15) is 5.82 Å². The monoisotopic (exact) mass is 264 g/mol. The largest absolute Gasteiger partial charge is 0.338 e. The average Bonchev–Trinajstić information content (AvgIpc) is 2.78. The number of allylic oxidation sites excluding steroid dienone is 4. The minimum atomic E-state index is -2.39. The van der Waals surface area contributed by atoms with Crippen LogP contribution in [0.3, 0.4) is 0 Å². The molecule has 0 radical (unpaired) electrons. The predicted octanol–water partition coefficient (Wildman–Crippen LogP) is 2.65. The van der Waals surface area contributed by atoms with E-state index in [1.165, 1.54) is 13.0 Å². The second-order valence-corrected chi connectivity index (χ2v) is 4.15. The van der Waals surface area contributed by atoms with Crippen molar-refractivity contribution in [1.29, 1.82) is 0 Å². The third-order valence-corrected chi connectivity index (χ3v) is 2.60. The first-order valence-corrected chi connectivity index (χ1v) is 6.00. The Labute approximate surface area is 111 Å². The van der Waals surface area contributed by atoms with Crippen molar-refractivity contribution in [2.75, 3.05) is 0 Å². The molecule has 0 aromatic carbocycles. The number of nitrogens with zero attached hydrogens (tertiary/aromatic N) is 1. The summed E-state index contributed by atoms with van der Waals surface area (Å²) in [4.78, 5) is 7.33.